The number of alkyl halides is 3. The molecule has 3 aliphatic rings. The number of benzene rings is 1. The highest BCUT2D eigenvalue weighted by Gasteiger charge is 2.57. The highest BCUT2D eigenvalue weighted by Crippen LogP contribution is 2.56. The molecule has 1 aromatic heterocycles. The Morgan fingerprint density at radius 2 is 2.10 bits per heavy atom. The molecule has 1 aromatic carbocycles. The Bertz CT molecular complexity index is 1040. The van der Waals surface area contributed by atoms with Crippen LogP contribution in [0.3, 0.4) is 0 Å². The topological polar surface area (TPSA) is 58.2 Å². The molecule has 1 N–H and O–H groups in total. The number of hydrogen-bond donors (Lipinski definition) is 1. The molecular formula is C23H28F3N3O2. The minimum absolute atomic E-state index is 0.00818. The molecular weight excluding hydrogens is 407 g/mol. The molecule has 5 nitrogen and oxygen atoms in total. The van der Waals surface area contributed by atoms with Gasteiger partial charge in [0.05, 0.1) is 11.0 Å². The number of fused-ring (bicyclic) bond motifs is 5. The highest BCUT2D eigenvalue weighted by atomic mass is 19.4. The van der Waals surface area contributed by atoms with Crippen molar-refractivity contribution in [3.05, 3.63) is 29.1 Å². The number of ether oxygens (including phenoxy) is 1. The van der Waals surface area contributed by atoms with Crippen molar-refractivity contribution in [2.75, 3.05) is 13.2 Å². The fraction of sp³-hybridized carbons (Fsp3) is 0.652. The van der Waals surface area contributed by atoms with Gasteiger partial charge in [-0.1, -0.05) is 20.8 Å². The summed E-state index contributed by atoms with van der Waals surface area (Å²) in [5.74, 6) is 0.0172. The molecule has 0 radical (unpaired) electrons. The number of aromatic amines is 1. The Morgan fingerprint density at radius 1 is 1.32 bits per heavy atom. The second-order valence-corrected chi connectivity index (χ2v) is 10.1. The first-order valence-corrected chi connectivity index (χ1v) is 11.0. The number of H-pyrrole nitrogens is 1. The second-order valence-electron chi connectivity index (χ2n) is 10.1. The predicted octanol–water partition coefficient (Wildman–Crippen LogP) is 4.81. The Hall–Kier alpha value is -2.09. The smallest absolute Gasteiger partial charge is 0.370 e. The molecule has 2 saturated heterocycles. The minimum Gasteiger partial charge on any atom is -0.370 e. The molecule has 2 aromatic rings. The SMILES string of the molecule is CC1(C)[C@H]2Cc3cc4[nH]c([C@@H]5CCCO5)nc4cc3[C@]1(C)CCN2C(=O)CC(F)(F)F. The number of nitrogens with one attached hydrogen (secondary N) is 1. The second kappa shape index (κ2) is 6.70. The Labute approximate surface area is 179 Å². The van der Waals surface area contributed by atoms with Crippen LogP contribution in [0.5, 0.6) is 0 Å². The summed E-state index contributed by atoms with van der Waals surface area (Å²) < 4.78 is 44.5. The van der Waals surface area contributed by atoms with Crippen LogP contribution in [0.2, 0.25) is 0 Å². The fourth-order valence-corrected chi connectivity index (χ4v) is 5.96. The lowest BCUT2D eigenvalue weighted by Crippen LogP contribution is -2.65. The van der Waals surface area contributed by atoms with Gasteiger partial charge in [0, 0.05) is 24.6 Å². The molecule has 3 heterocycles. The van der Waals surface area contributed by atoms with Crippen molar-refractivity contribution in [1.82, 2.24) is 14.9 Å². The molecule has 2 fully saturated rings. The zero-order valence-corrected chi connectivity index (χ0v) is 18.1. The van der Waals surface area contributed by atoms with E-state index in [0.29, 0.717) is 19.4 Å². The van der Waals surface area contributed by atoms with Gasteiger partial charge in [-0.25, -0.2) is 4.98 Å². The van der Waals surface area contributed by atoms with Crippen LogP contribution in [0.15, 0.2) is 12.1 Å². The van der Waals surface area contributed by atoms with E-state index in [9.17, 15) is 18.0 Å². The number of rotatable bonds is 2. The molecule has 1 aliphatic carbocycles. The maximum absolute atomic E-state index is 12.9. The van der Waals surface area contributed by atoms with E-state index in [1.165, 1.54) is 10.5 Å². The summed E-state index contributed by atoms with van der Waals surface area (Å²) in [5, 5.41) is 0. The number of halogens is 3. The van der Waals surface area contributed by atoms with Crippen LogP contribution in [-0.2, 0) is 21.4 Å². The van der Waals surface area contributed by atoms with Crippen molar-refractivity contribution in [2.45, 2.75) is 76.6 Å². The molecule has 0 unspecified atom stereocenters. The maximum Gasteiger partial charge on any atom is 0.397 e. The standard InChI is InChI=1S/C23H28F3N3O2/c1-21(2)18-10-13-9-15-16(28-20(27-15)17-5-4-8-31-17)11-14(13)22(21,3)6-7-29(18)19(30)12-23(24,25)26/h9,11,17-18H,4-8,10,12H2,1-3H3,(H,27,28)/t17-,18+,22-/m0/s1. The van der Waals surface area contributed by atoms with E-state index in [2.05, 4.69) is 37.9 Å². The van der Waals surface area contributed by atoms with Crippen molar-refractivity contribution in [2.24, 2.45) is 5.41 Å². The predicted molar refractivity (Wildman–Crippen MR) is 110 cm³/mol. The van der Waals surface area contributed by atoms with Crippen LogP contribution >= 0.6 is 0 Å². The first-order chi connectivity index (χ1) is 14.5. The van der Waals surface area contributed by atoms with Gasteiger partial charge in [0.1, 0.15) is 18.3 Å². The third kappa shape index (κ3) is 3.17. The van der Waals surface area contributed by atoms with Gasteiger partial charge >= 0.3 is 6.18 Å². The lowest BCUT2D eigenvalue weighted by atomic mass is 9.51. The number of hydrogen-bond acceptors (Lipinski definition) is 3. The van der Waals surface area contributed by atoms with Crippen molar-refractivity contribution in [1.29, 1.82) is 0 Å². The fourth-order valence-electron chi connectivity index (χ4n) is 5.96. The van der Waals surface area contributed by atoms with E-state index in [-0.39, 0.29) is 23.0 Å². The lowest BCUT2D eigenvalue weighted by molar-refractivity contribution is -0.169. The van der Waals surface area contributed by atoms with E-state index in [1.807, 2.05) is 0 Å². The molecule has 31 heavy (non-hydrogen) atoms. The van der Waals surface area contributed by atoms with Crippen molar-refractivity contribution < 1.29 is 22.7 Å². The van der Waals surface area contributed by atoms with Crippen molar-refractivity contribution in [3.63, 3.8) is 0 Å². The molecule has 1 amide bonds. The monoisotopic (exact) mass is 435 g/mol. The molecule has 2 aliphatic heterocycles. The number of amides is 1. The highest BCUT2D eigenvalue weighted by molar-refractivity contribution is 5.80. The van der Waals surface area contributed by atoms with E-state index in [1.54, 1.807) is 0 Å². The third-order valence-electron chi connectivity index (χ3n) is 8.12. The maximum atomic E-state index is 12.9. The van der Waals surface area contributed by atoms with Gasteiger partial charge in [0.15, 0.2) is 0 Å². The summed E-state index contributed by atoms with van der Waals surface area (Å²) in [4.78, 5) is 22.2. The third-order valence-corrected chi connectivity index (χ3v) is 8.12. The molecule has 168 valence electrons. The molecule has 3 atom stereocenters. The van der Waals surface area contributed by atoms with Crippen LogP contribution < -0.4 is 0 Å². The van der Waals surface area contributed by atoms with Crippen molar-refractivity contribution >= 4 is 16.9 Å². The van der Waals surface area contributed by atoms with Crippen LogP contribution in [-0.4, -0.2) is 46.1 Å². The summed E-state index contributed by atoms with van der Waals surface area (Å²) in [6.45, 7) is 7.44. The molecule has 0 saturated carbocycles. The Morgan fingerprint density at radius 3 is 2.77 bits per heavy atom. The number of likely N-dealkylation sites (tertiary alicyclic amines) is 1. The van der Waals surface area contributed by atoms with Gasteiger partial charge < -0.3 is 14.6 Å². The van der Waals surface area contributed by atoms with Gasteiger partial charge in [-0.2, -0.15) is 13.2 Å². The number of aromatic nitrogens is 2. The van der Waals surface area contributed by atoms with Crippen molar-refractivity contribution in [3.8, 4) is 0 Å². The summed E-state index contributed by atoms with van der Waals surface area (Å²) in [5.41, 5.74) is 3.49. The molecule has 2 bridgehead atoms. The lowest BCUT2D eigenvalue weighted by Gasteiger charge is -2.60. The van der Waals surface area contributed by atoms with Crippen LogP contribution in [0.4, 0.5) is 13.2 Å². The van der Waals surface area contributed by atoms with Crippen LogP contribution in [0.25, 0.3) is 11.0 Å². The Balaban J connectivity index is 1.55. The van der Waals surface area contributed by atoms with Crippen LogP contribution in [0.1, 0.15) is 69.5 Å². The normalized spacial score (nSPS) is 29.9. The minimum atomic E-state index is -4.49. The van der Waals surface area contributed by atoms with Gasteiger partial charge in [-0.05, 0) is 54.4 Å². The first kappa shape index (κ1) is 20.8. The average molecular weight is 435 g/mol. The van der Waals surface area contributed by atoms with E-state index in [4.69, 9.17) is 9.72 Å². The zero-order chi connectivity index (χ0) is 22.2. The van der Waals surface area contributed by atoms with Gasteiger partial charge in [-0.3, -0.25) is 4.79 Å². The summed E-state index contributed by atoms with van der Waals surface area (Å²) in [6, 6.07) is 3.95. The van der Waals surface area contributed by atoms with Gasteiger partial charge in [0.2, 0.25) is 5.91 Å². The summed E-state index contributed by atoms with van der Waals surface area (Å²) in [7, 11) is 0. The first-order valence-electron chi connectivity index (χ1n) is 11.0. The Kier molecular flexibility index (Phi) is 4.50. The summed E-state index contributed by atoms with van der Waals surface area (Å²) >= 11 is 0. The van der Waals surface area contributed by atoms with E-state index in [0.717, 1.165) is 41.9 Å². The number of imidazole rings is 1. The van der Waals surface area contributed by atoms with Crippen LogP contribution in [0, 0.1) is 5.41 Å². The number of piperidine rings is 1. The number of carbonyl (C=O) groups excluding carboxylic acids is 1. The molecule has 0 spiro atoms. The van der Waals surface area contributed by atoms with Gasteiger partial charge in [0.25, 0.3) is 0 Å². The summed E-state index contributed by atoms with van der Waals surface area (Å²) in [6.07, 6.45) is -2.75. The van der Waals surface area contributed by atoms with Gasteiger partial charge in [-0.15, -0.1) is 0 Å². The quantitative estimate of drug-likeness (QED) is 0.737. The number of carbonyl (C=O) groups is 1. The van der Waals surface area contributed by atoms with E-state index >= 15 is 0 Å². The molecule has 8 heteroatoms. The molecule has 5 rings (SSSR count). The average Bonchev–Trinajstić information content (AvgIpc) is 3.31. The zero-order valence-electron chi connectivity index (χ0n) is 18.1. The largest absolute Gasteiger partial charge is 0.397 e. The number of nitrogens with zero attached hydrogens (tertiary/aromatic N) is 2. The van der Waals surface area contributed by atoms with E-state index < -0.39 is 18.5 Å².